The Balaban J connectivity index is 1.54. The normalized spacial score (nSPS) is 32.3. The van der Waals surface area contributed by atoms with Gasteiger partial charge in [0.25, 0.3) is 0 Å². The molecular weight excluding hydrogens is 318 g/mol. The zero-order chi connectivity index (χ0) is 17.0. The number of carbonyl (C=O) groups is 2. The zero-order valence-electron chi connectivity index (χ0n) is 13.2. The summed E-state index contributed by atoms with van der Waals surface area (Å²) in [7, 11) is 0. The summed E-state index contributed by atoms with van der Waals surface area (Å²) in [5.41, 5.74) is 0.584. The molecule has 0 N–H and O–H groups in total. The Morgan fingerprint density at radius 3 is 2.32 bits per heavy atom. The second-order valence-corrected chi connectivity index (χ2v) is 6.43. The summed E-state index contributed by atoms with van der Waals surface area (Å²) in [5, 5.41) is 0. The first-order valence-corrected chi connectivity index (χ1v) is 8.24. The van der Waals surface area contributed by atoms with Gasteiger partial charge in [-0.1, -0.05) is 42.5 Å². The van der Waals surface area contributed by atoms with Crippen molar-refractivity contribution in [1.29, 1.82) is 0 Å². The molecule has 3 aliphatic rings. The lowest BCUT2D eigenvalue weighted by Crippen LogP contribution is -2.45. The van der Waals surface area contributed by atoms with Crippen molar-refractivity contribution in [3.05, 3.63) is 72.8 Å². The molecule has 124 valence electrons. The van der Waals surface area contributed by atoms with Crippen LogP contribution in [0.25, 0.3) is 0 Å². The molecule has 0 saturated carbocycles. The minimum absolute atomic E-state index is 0.228. The number of ether oxygens (including phenoxy) is 2. The number of rotatable bonds is 3. The Bertz CT molecular complexity index is 879. The van der Waals surface area contributed by atoms with Gasteiger partial charge in [0.15, 0.2) is 0 Å². The number of para-hydroxylation sites is 2. The van der Waals surface area contributed by atoms with E-state index >= 15 is 0 Å². The first-order valence-electron chi connectivity index (χ1n) is 8.24. The molecule has 4 atom stereocenters. The van der Waals surface area contributed by atoms with Crippen LogP contribution in [0.4, 0.5) is 5.69 Å². The zero-order valence-corrected chi connectivity index (χ0v) is 13.2. The van der Waals surface area contributed by atoms with Crippen molar-refractivity contribution in [1.82, 2.24) is 0 Å². The van der Waals surface area contributed by atoms with Crippen molar-refractivity contribution < 1.29 is 19.1 Å². The first-order chi connectivity index (χ1) is 12.2. The molecule has 5 rings (SSSR count). The van der Waals surface area contributed by atoms with Crippen molar-refractivity contribution >= 4 is 17.5 Å². The number of amides is 2. The van der Waals surface area contributed by atoms with Gasteiger partial charge in [0.1, 0.15) is 11.7 Å². The molecule has 0 radical (unpaired) electrons. The van der Waals surface area contributed by atoms with Crippen LogP contribution in [0.5, 0.6) is 5.75 Å². The SMILES string of the molecule is O=C1[C@H]2[C@H]3C=C[C@](Oc4ccccc4)(O3)[C@H]2C(=O)N1c1ccccc1. The van der Waals surface area contributed by atoms with Gasteiger partial charge in [-0.3, -0.25) is 9.59 Å². The molecule has 2 fully saturated rings. The molecule has 0 unspecified atom stereocenters. The topological polar surface area (TPSA) is 55.8 Å². The Morgan fingerprint density at radius 1 is 0.920 bits per heavy atom. The predicted molar refractivity (Wildman–Crippen MR) is 89.7 cm³/mol. The number of imide groups is 1. The number of anilines is 1. The number of carbonyl (C=O) groups excluding carboxylic acids is 2. The molecule has 5 nitrogen and oxygen atoms in total. The number of hydrogen-bond donors (Lipinski definition) is 0. The van der Waals surface area contributed by atoms with Crippen LogP contribution in [0.2, 0.25) is 0 Å². The van der Waals surface area contributed by atoms with Crippen LogP contribution in [0, 0.1) is 11.8 Å². The summed E-state index contributed by atoms with van der Waals surface area (Å²) in [6.07, 6.45) is 3.16. The highest BCUT2D eigenvalue weighted by atomic mass is 16.7. The van der Waals surface area contributed by atoms with Crippen molar-refractivity contribution in [2.45, 2.75) is 11.9 Å². The maximum Gasteiger partial charge on any atom is 0.244 e. The van der Waals surface area contributed by atoms with E-state index in [-0.39, 0.29) is 11.8 Å². The predicted octanol–water partition coefficient (Wildman–Crippen LogP) is 2.54. The van der Waals surface area contributed by atoms with Gasteiger partial charge < -0.3 is 9.47 Å². The Morgan fingerprint density at radius 2 is 1.60 bits per heavy atom. The smallest absolute Gasteiger partial charge is 0.244 e. The van der Waals surface area contributed by atoms with E-state index in [0.717, 1.165) is 0 Å². The van der Waals surface area contributed by atoms with Crippen LogP contribution in [0.15, 0.2) is 72.8 Å². The molecule has 2 aromatic rings. The summed E-state index contributed by atoms with van der Waals surface area (Å²) in [6.45, 7) is 0. The van der Waals surface area contributed by atoms with Gasteiger partial charge in [0, 0.05) is 0 Å². The van der Waals surface area contributed by atoms with Crippen LogP contribution in [0.3, 0.4) is 0 Å². The summed E-state index contributed by atoms with van der Waals surface area (Å²) < 4.78 is 12.0. The van der Waals surface area contributed by atoms with Crippen molar-refractivity contribution in [3.63, 3.8) is 0 Å². The fourth-order valence-electron chi connectivity index (χ4n) is 3.96. The molecule has 0 aliphatic carbocycles. The molecule has 2 saturated heterocycles. The van der Waals surface area contributed by atoms with E-state index in [0.29, 0.717) is 11.4 Å². The molecule has 0 spiro atoms. The molecule has 0 aromatic heterocycles. The van der Waals surface area contributed by atoms with Crippen molar-refractivity contribution in [2.75, 3.05) is 4.90 Å². The fourth-order valence-corrected chi connectivity index (χ4v) is 3.96. The van der Waals surface area contributed by atoms with E-state index < -0.39 is 23.7 Å². The summed E-state index contributed by atoms with van der Waals surface area (Å²) >= 11 is 0. The van der Waals surface area contributed by atoms with Gasteiger partial charge in [-0.25, -0.2) is 4.90 Å². The number of nitrogens with zero attached hydrogens (tertiary/aromatic N) is 1. The third-order valence-corrected chi connectivity index (χ3v) is 5.01. The van der Waals surface area contributed by atoms with Crippen molar-refractivity contribution in [3.8, 4) is 5.75 Å². The van der Waals surface area contributed by atoms with Crippen LogP contribution in [-0.2, 0) is 14.3 Å². The number of hydrogen-bond acceptors (Lipinski definition) is 4. The van der Waals surface area contributed by atoms with Gasteiger partial charge in [-0.05, 0) is 30.3 Å². The van der Waals surface area contributed by atoms with Gasteiger partial charge >= 0.3 is 0 Å². The fraction of sp³-hybridized carbons (Fsp3) is 0.200. The molecule has 2 aromatic carbocycles. The number of benzene rings is 2. The lowest BCUT2D eigenvalue weighted by molar-refractivity contribution is -0.151. The lowest BCUT2D eigenvalue weighted by atomic mass is 9.83. The standard InChI is InChI=1S/C20H15NO4/c22-18-16-15-11-12-20(25-15,24-14-9-5-2-6-10-14)17(16)19(23)21(18)13-7-3-1-4-8-13/h1-12,15-17H/t15-,16+,17-,20+/m1/s1. The maximum atomic E-state index is 13.1. The molecule has 2 amide bonds. The van der Waals surface area contributed by atoms with E-state index in [4.69, 9.17) is 9.47 Å². The highest BCUT2D eigenvalue weighted by Gasteiger charge is 2.69. The largest absolute Gasteiger partial charge is 0.458 e. The van der Waals surface area contributed by atoms with E-state index in [1.54, 1.807) is 18.2 Å². The van der Waals surface area contributed by atoms with Gasteiger partial charge in [0.2, 0.25) is 17.6 Å². The summed E-state index contributed by atoms with van der Waals surface area (Å²) in [5.74, 6) is -2.32. The van der Waals surface area contributed by atoms with Crippen LogP contribution >= 0.6 is 0 Å². The third-order valence-electron chi connectivity index (χ3n) is 5.01. The average molecular weight is 333 g/mol. The van der Waals surface area contributed by atoms with Crippen LogP contribution < -0.4 is 9.64 Å². The Labute approximate surface area is 144 Å². The Hall–Kier alpha value is -2.92. The quantitative estimate of drug-likeness (QED) is 0.640. The second-order valence-electron chi connectivity index (χ2n) is 6.43. The van der Waals surface area contributed by atoms with E-state index in [1.165, 1.54) is 4.90 Å². The molecule has 2 bridgehead atoms. The first kappa shape index (κ1) is 14.4. The maximum absolute atomic E-state index is 13.1. The van der Waals surface area contributed by atoms with Crippen molar-refractivity contribution in [2.24, 2.45) is 11.8 Å². The molecule has 5 heteroatoms. The lowest BCUT2D eigenvalue weighted by Gasteiger charge is -2.29. The molecule has 3 heterocycles. The minimum Gasteiger partial charge on any atom is -0.458 e. The van der Waals surface area contributed by atoms with E-state index in [9.17, 15) is 9.59 Å². The van der Waals surface area contributed by atoms with Crippen LogP contribution in [-0.4, -0.2) is 23.7 Å². The van der Waals surface area contributed by atoms with E-state index in [1.807, 2.05) is 54.6 Å². The second kappa shape index (κ2) is 5.04. The average Bonchev–Trinajstić information content (AvgIpc) is 3.27. The van der Waals surface area contributed by atoms with Crippen LogP contribution in [0.1, 0.15) is 0 Å². The molecule has 25 heavy (non-hydrogen) atoms. The molecular formula is C20H15NO4. The monoisotopic (exact) mass is 333 g/mol. The Kier molecular flexibility index (Phi) is 2.91. The number of fused-ring (bicyclic) bond motifs is 5. The summed E-state index contributed by atoms with van der Waals surface area (Å²) in [4.78, 5) is 27.3. The minimum atomic E-state index is -1.22. The van der Waals surface area contributed by atoms with Gasteiger partial charge in [-0.2, -0.15) is 0 Å². The summed E-state index contributed by atoms with van der Waals surface area (Å²) in [6, 6.07) is 18.2. The molecule has 3 aliphatic heterocycles. The van der Waals surface area contributed by atoms with Gasteiger partial charge in [-0.15, -0.1) is 0 Å². The highest BCUT2D eigenvalue weighted by molar-refractivity contribution is 6.23. The van der Waals surface area contributed by atoms with E-state index in [2.05, 4.69) is 0 Å². The van der Waals surface area contributed by atoms with Gasteiger partial charge in [0.05, 0.1) is 17.7 Å². The third kappa shape index (κ3) is 1.93. The highest BCUT2D eigenvalue weighted by Crippen LogP contribution is 2.52.